The van der Waals surface area contributed by atoms with Crippen molar-refractivity contribution in [2.75, 3.05) is 6.61 Å². The van der Waals surface area contributed by atoms with Crippen molar-refractivity contribution >= 4 is 17.9 Å². The van der Waals surface area contributed by atoms with E-state index in [0.717, 1.165) is 19.3 Å². The van der Waals surface area contributed by atoms with Crippen LogP contribution in [0.3, 0.4) is 0 Å². The molecule has 24 heavy (non-hydrogen) atoms. The lowest BCUT2D eigenvalue weighted by Gasteiger charge is -2.22. The predicted molar refractivity (Wildman–Crippen MR) is 90.7 cm³/mol. The summed E-state index contributed by atoms with van der Waals surface area (Å²) in [7, 11) is 0. The number of hydrogen-bond donors (Lipinski definition) is 2. The highest BCUT2D eigenvalue weighted by Crippen LogP contribution is 2.28. The summed E-state index contributed by atoms with van der Waals surface area (Å²) in [6, 6.07) is 0. The fourth-order valence-electron chi connectivity index (χ4n) is 2.44. The molecule has 1 aliphatic rings. The Morgan fingerprint density at radius 1 is 0.958 bits per heavy atom. The number of carboxylic acid groups (broad SMARTS) is 2. The molecule has 1 rings (SSSR count). The minimum atomic E-state index is -0.793. The molecule has 0 radical (unpaired) electrons. The topological polar surface area (TPSA) is 101 Å². The number of rotatable bonds is 8. The van der Waals surface area contributed by atoms with Crippen molar-refractivity contribution < 1.29 is 29.3 Å². The van der Waals surface area contributed by atoms with Crippen molar-refractivity contribution in [3.63, 3.8) is 0 Å². The molecular formula is C18H32O6. The maximum atomic E-state index is 11.0. The fraction of sp³-hybridized carbons (Fsp3) is 0.833. The van der Waals surface area contributed by atoms with E-state index in [9.17, 15) is 14.4 Å². The van der Waals surface area contributed by atoms with Crippen LogP contribution in [0.1, 0.15) is 72.1 Å². The molecule has 140 valence electrons. The van der Waals surface area contributed by atoms with Crippen molar-refractivity contribution in [2.24, 2.45) is 17.8 Å². The van der Waals surface area contributed by atoms with E-state index in [4.69, 9.17) is 14.9 Å². The standard InChI is InChI=1S/C10H20O2.C8H12O4/c1-4-5-6-7-10(11)12-8-9(2)3;9-7(10)5-1-2-6(4-3-5)8(11)12/h9H,4-8H2,1-3H3;5-6H,1-4H2,(H,9,10)(H,11,12). The first-order valence-electron chi connectivity index (χ1n) is 8.89. The third-order valence-electron chi connectivity index (χ3n) is 3.99. The summed E-state index contributed by atoms with van der Waals surface area (Å²) >= 11 is 0. The number of carboxylic acids is 2. The number of hydrogen-bond acceptors (Lipinski definition) is 4. The van der Waals surface area contributed by atoms with Gasteiger partial charge < -0.3 is 14.9 Å². The molecule has 0 unspecified atom stereocenters. The minimum absolute atomic E-state index is 0.0443. The monoisotopic (exact) mass is 344 g/mol. The summed E-state index contributed by atoms with van der Waals surface area (Å²) in [6.45, 7) is 6.77. The van der Waals surface area contributed by atoms with Crippen LogP contribution in [0, 0.1) is 17.8 Å². The molecule has 0 aliphatic heterocycles. The zero-order valence-electron chi connectivity index (χ0n) is 15.1. The molecule has 0 aromatic heterocycles. The number of aliphatic carboxylic acids is 2. The molecule has 1 saturated carbocycles. The van der Waals surface area contributed by atoms with Gasteiger partial charge in [-0.25, -0.2) is 0 Å². The number of esters is 1. The van der Waals surface area contributed by atoms with Gasteiger partial charge in [0.15, 0.2) is 0 Å². The summed E-state index contributed by atoms with van der Waals surface area (Å²) in [5.74, 6) is -1.82. The summed E-state index contributed by atoms with van der Waals surface area (Å²) in [4.78, 5) is 32.0. The molecular weight excluding hydrogens is 312 g/mol. The predicted octanol–water partition coefficient (Wildman–Crippen LogP) is 3.73. The normalized spacial score (nSPS) is 20.0. The van der Waals surface area contributed by atoms with Gasteiger partial charge in [-0.05, 0) is 38.0 Å². The van der Waals surface area contributed by atoms with Crippen molar-refractivity contribution in [3.05, 3.63) is 0 Å². The largest absolute Gasteiger partial charge is 0.481 e. The van der Waals surface area contributed by atoms with E-state index in [-0.39, 0.29) is 17.8 Å². The van der Waals surface area contributed by atoms with Crippen LogP contribution in [-0.2, 0) is 19.1 Å². The average Bonchev–Trinajstić information content (AvgIpc) is 2.54. The van der Waals surface area contributed by atoms with E-state index in [1.165, 1.54) is 0 Å². The summed E-state index contributed by atoms with van der Waals surface area (Å²) < 4.78 is 5.01. The highest BCUT2D eigenvalue weighted by molar-refractivity contribution is 5.72. The summed E-state index contributed by atoms with van der Waals surface area (Å²) in [5.41, 5.74) is 0. The molecule has 0 spiro atoms. The first kappa shape index (κ1) is 22.4. The fourth-order valence-corrected chi connectivity index (χ4v) is 2.44. The van der Waals surface area contributed by atoms with Crippen molar-refractivity contribution in [1.82, 2.24) is 0 Å². The third kappa shape index (κ3) is 11.0. The van der Waals surface area contributed by atoms with Gasteiger partial charge in [-0.2, -0.15) is 0 Å². The molecule has 0 bridgehead atoms. The van der Waals surface area contributed by atoms with Crippen LogP contribution in [0.15, 0.2) is 0 Å². The first-order valence-corrected chi connectivity index (χ1v) is 8.89. The Kier molecular flexibility index (Phi) is 11.9. The second kappa shape index (κ2) is 12.8. The van der Waals surface area contributed by atoms with Gasteiger partial charge in [0.05, 0.1) is 18.4 Å². The molecule has 0 heterocycles. The van der Waals surface area contributed by atoms with Crippen LogP contribution in [-0.4, -0.2) is 34.7 Å². The van der Waals surface area contributed by atoms with E-state index in [1.807, 2.05) is 13.8 Å². The van der Waals surface area contributed by atoms with Gasteiger partial charge in [0.25, 0.3) is 0 Å². The quantitative estimate of drug-likeness (QED) is 0.514. The first-order chi connectivity index (χ1) is 11.3. The van der Waals surface area contributed by atoms with Gasteiger partial charge in [0, 0.05) is 6.42 Å². The second-order valence-corrected chi connectivity index (χ2v) is 6.76. The lowest BCUT2D eigenvalue weighted by molar-refractivity contribution is -0.148. The van der Waals surface area contributed by atoms with E-state index in [0.29, 0.717) is 44.6 Å². The van der Waals surface area contributed by atoms with Crippen LogP contribution in [0.2, 0.25) is 0 Å². The van der Waals surface area contributed by atoms with Crippen LogP contribution < -0.4 is 0 Å². The Balaban J connectivity index is 0.000000441. The molecule has 6 heteroatoms. The Bertz CT molecular complexity index is 361. The molecule has 0 saturated heterocycles. The number of carbonyl (C=O) groups is 3. The van der Waals surface area contributed by atoms with Crippen LogP contribution in [0.5, 0.6) is 0 Å². The van der Waals surface area contributed by atoms with E-state index < -0.39 is 11.9 Å². The van der Waals surface area contributed by atoms with Gasteiger partial charge in [0.2, 0.25) is 0 Å². The average molecular weight is 344 g/mol. The molecule has 2 N–H and O–H groups in total. The maximum absolute atomic E-state index is 11.0. The van der Waals surface area contributed by atoms with Crippen LogP contribution in [0.25, 0.3) is 0 Å². The van der Waals surface area contributed by atoms with Crippen molar-refractivity contribution in [1.29, 1.82) is 0 Å². The smallest absolute Gasteiger partial charge is 0.306 e. The van der Waals surface area contributed by atoms with Gasteiger partial charge in [0.1, 0.15) is 0 Å². The Hall–Kier alpha value is -1.59. The highest BCUT2D eigenvalue weighted by Gasteiger charge is 2.29. The van der Waals surface area contributed by atoms with Crippen LogP contribution in [0.4, 0.5) is 0 Å². The Morgan fingerprint density at radius 3 is 1.75 bits per heavy atom. The molecule has 6 nitrogen and oxygen atoms in total. The SMILES string of the molecule is CCCCCC(=O)OCC(C)C.O=C(O)C1CCC(C(=O)O)CC1. The molecule has 0 amide bonds. The van der Waals surface area contributed by atoms with Gasteiger partial charge in [-0.1, -0.05) is 33.6 Å². The van der Waals surface area contributed by atoms with E-state index in [2.05, 4.69) is 6.92 Å². The second-order valence-electron chi connectivity index (χ2n) is 6.76. The summed E-state index contributed by atoms with van der Waals surface area (Å²) in [6.07, 6.45) is 5.85. The number of ether oxygens (including phenoxy) is 1. The van der Waals surface area contributed by atoms with Crippen molar-refractivity contribution in [3.8, 4) is 0 Å². The number of carbonyl (C=O) groups excluding carboxylic acids is 1. The lowest BCUT2D eigenvalue weighted by Crippen LogP contribution is -2.25. The molecule has 0 aromatic carbocycles. The molecule has 1 fully saturated rings. The van der Waals surface area contributed by atoms with Gasteiger partial charge in [-0.15, -0.1) is 0 Å². The number of unbranched alkanes of at least 4 members (excludes halogenated alkanes) is 2. The zero-order chi connectivity index (χ0) is 18.5. The van der Waals surface area contributed by atoms with Crippen molar-refractivity contribution in [2.45, 2.75) is 72.1 Å². The Morgan fingerprint density at radius 2 is 1.42 bits per heavy atom. The van der Waals surface area contributed by atoms with Crippen LogP contribution >= 0.6 is 0 Å². The zero-order valence-corrected chi connectivity index (χ0v) is 15.1. The lowest BCUT2D eigenvalue weighted by atomic mass is 9.82. The highest BCUT2D eigenvalue weighted by atomic mass is 16.5. The van der Waals surface area contributed by atoms with Gasteiger partial charge >= 0.3 is 17.9 Å². The summed E-state index contributed by atoms with van der Waals surface area (Å²) in [5, 5.41) is 17.2. The molecule has 0 aromatic rings. The molecule has 0 atom stereocenters. The van der Waals surface area contributed by atoms with E-state index in [1.54, 1.807) is 0 Å². The Labute approximate surface area is 144 Å². The van der Waals surface area contributed by atoms with E-state index >= 15 is 0 Å². The molecule has 1 aliphatic carbocycles. The minimum Gasteiger partial charge on any atom is -0.481 e. The third-order valence-corrected chi connectivity index (χ3v) is 3.99. The maximum Gasteiger partial charge on any atom is 0.306 e. The van der Waals surface area contributed by atoms with Gasteiger partial charge in [-0.3, -0.25) is 14.4 Å².